The molecule has 0 saturated carbocycles. The van der Waals surface area contributed by atoms with E-state index in [4.69, 9.17) is 16.0 Å². The number of aromatic nitrogens is 2. The second kappa shape index (κ2) is 7.41. The zero-order chi connectivity index (χ0) is 21.3. The first kappa shape index (κ1) is 19.3. The number of fused-ring (bicyclic) bond motifs is 1. The van der Waals surface area contributed by atoms with Gasteiger partial charge in [0.25, 0.3) is 5.91 Å². The maximum absolute atomic E-state index is 12.6. The van der Waals surface area contributed by atoms with Gasteiger partial charge in [-0.05, 0) is 60.9 Å². The van der Waals surface area contributed by atoms with Crippen molar-refractivity contribution in [3.05, 3.63) is 88.5 Å². The lowest BCUT2D eigenvalue weighted by Crippen LogP contribution is -2.34. The average molecular weight is 396 g/mol. The van der Waals surface area contributed by atoms with E-state index >= 15 is 0 Å². The van der Waals surface area contributed by atoms with Crippen LogP contribution in [-0.4, -0.2) is 21.7 Å². The molecule has 1 amide bonds. The first-order valence-electron chi connectivity index (χ1n) is 9.47. The molecule has 148 valence electrons. The maximum atomic E-state index is 12.6. The van der Waals surface area contributed by atoms with Crippen molar-refractivity contribution in [1.82, 2.24) is 9.97 Å². The van der Waals surface area contributed by atoms with Crippen molar-refractivity contribution < 1.29 is 4.79 Å². The SMILES string of the molecule is Cc1ccc(NC(=O)c2ccc(C#N)cn2)cc1C1(C)Cc2ccncc2C(N)=N1. The number of amidine groups is 1. The summed E-state index contributed by atoms with van der Waals surface area (Å²) in [5, 5.41) is 11.7. The number of hydrogen-bond donors (Lipinski definition) is 2. The topological polar surface area (TPSA) is 117 Å². The van der Waals surface area contributed by atoms with Gasteiger partial charge in [0.2, 0.25) is 0 Å². The Kier molecular flexibility index (Phi) is 4.76. The number of nitrogens with two attached hydrogens (primary N) is 1. The lowest BCUT2D eigenvalue weighted by atomic mass is 9.80. The van der Waals surface area contributed by atoms with Crippen molar-refractivity contribution in [3.63, 3.8) is 0 Å². The molecule has 1 aromatic carbocycles. The van der Waals surface area contributed by atoms with Crippen LogP contribution in [0.5, 0.6) is 0 Å². The number of hydrogen-bond acceptors (Lipinski definition) is 6. The summed E-state index contributed by atoms with van der Waals surface area (Å²) in [6.45, 7) is 4.06. The summed E-state index contributed by atoms with van der Waals surface area (Å²) >= 11 is 0. The van der Waals surface area contributed by atoms with Gasteiger partial charge >= 0.3 is 0 Å². The molecule has 30 heavy (non-hydrogen) atoms. The number of nitrogens with one attached hydrogen (secondary N) is 1. The van der Waals surface area contributed by atoms with E-state index in [1.165, 1.54) is 12.3 Å². The van der Waals surface area contributed by atoms with Crippen LogP contribution in [-0.2, 0) is 12.0 Å². The minimum atomic E-state index is -0.560. The van der Waals surface area contributed by atoms with Gasteiger partial charge in [-0.1, -0.05) is 6.07 Å². The number of carbonyl (C=O) groups is 1. The molecule has 3 heterocycles. The Bertz CT molecular complexity index is 1210. The third-order valence-corrected chi connectivity index (χ3v) is 5.29. The normalized spacial score (nSPS) is 17.4. The lowest BCUT2D eigenvalue weighted by molar-refractivity contribution is 0.102. The van der Waals surface area contributed by atoms with Crippen LogP contribution in [0, 0.1) is 18.3 Å². The number of carbonyl (C=O) groups excluding carboxylic acids is 1. The quantitative estimate of drug-likeness (QED) is 0.705. The summed E-state index contributed by atoms with van der Waals surface area (Å²) in [7, 11) is 0. The molecule has 0 spiro atoms. The Morgan fingerprint density at radius 3 is 2.80 bits per heavy atom. The predicted molar refractivity (Wildman–Crippen MR) is 114 cm³/mol. The second-order valence-electron chi connectivity index (χ2n) is 7.51. The number of pyridine rings is 2. The molecule has 4 rings (SSSR count). The van der Waals surface area contributed by atoms with E-state index in [9.17, 15) is 4.79 Å². The molecule has 0 aliphatic carbocycles. The van der Waals surface area contributed by atoms with E-state index in [0.29, 0.717) is 23.5 Å². The molecule has 0 radical (unpaired) electrons. The van der Waals surface area contributed by atoms with Crippen LogP contribution in [0.1, 0.15) is 45.2 Å². The van der Waals surface area contributed by atoms with E-state index in [1.54, 1.807) is 18.5 Å². The summed E-state index contributed by atoms with van der Waals surface area (Å²) in [5.74, 6) is 0.116. The summed E-state index contributed by atoms with van der Waals surface area (Å²) in [4.78, 5) is 25.5. The summed E-state index contributed by atoms with van der Waals surface area (Å²) in [6.07, 6.45) is 5.55. The maximum Gasteiger partial charge on any atom is 0.274 e. The second-order valence-corrected chi connectivity index (χ2v) is 7.51. The monoisotopic (exact) mass is 396 g/mol. The third kappa shape index (κ3) is 3.51. The Morgan fingerprint density at radius 1 is 1.23 bits per heavy atom. The van der Waals surface area contributed by atoms with Crippen molar-refractivity contribution in [2.75, 3.05) is 5.32 Å². The van der Waals surface area contributed by atoms with Crippen LogP contribution in [0.2, 0.25) is 0 Å². The van der Waals surface area contributed by atoms with Crippen molar-refractivity contribution in [2.24, 2.45) is 10.7 Å². The molecule has 3 aromatic rings. The fraction of sp³-hybridized carbons (Fsp3) is 0.174. The number of aryl methyl sites for hydroxylation is 1. The molecule has 2 aromatic heterocycles. The number of anilines is 1. The Balaban J connectivity index is 1.65. The van der Waals surface area contributed by atoms with Gasteiger partial charge in [0.15, 0.2) is 0 Å². The van der Waals surface area contributed by atoms with Gasteiger partial charge in [0.1, 0.15) is 17.6 Å². The molecule has 1 aliphatic heterocycles. The summed E-state index contributed by atoms with van der Waals surface area (Å²) in [5.41, 5.74) is 11.0. The van der Waals surface area contributed by atoms with Crippen molar-refractivity contribution >= 4 is 17.4 Å². The summed E-state index contributed by atoms with van der Waals surface area (Å²) in [6, 6.07) is 12.8. The highest BCUT2D eigenvalue weighted by Crippen LogP contribution is 2.37. The lowest BCUT2D eigenvalue weighted by Gasteiger charge is -2.33. The molecule has 0 fully saturated rings. The molecule has 1 atom stereocenters. The van der Waals surface area contributed by atoms with Crippen LogP contribution in [0.15, 0.2) is 60.0 Å². The van der Waals surface area contributed by atoms with E-state index in [-0.39, 0.29) is 11.6 Å². The Hall–Kier alpha value is -4.05. The van der Waals surface area contributed by atoms with Crippen LogP contribution in [0.25, 0.3) is 0 Å². The van der Waals surface area contributed by atoms with Gasteiger partial charge in [-0.3, -0.25) is 14.8 Å². The number of benzene rings is 1. The highest BCUT2D eigenvalue weighted by molar-refractivity contribution is 6.03. The molecule has 1 aliphatic rings. The van der Waals surface area contributed by atoms with Gasteiger partial charge in [-0.25, -0.2) is 4.98 Å². The number of nitrogens with zero attached hydrogens (tertiary/aromatic N) is 4. The van der Waals surface area contributed by atoms with E-state index < -0.39 is 5.54 Å². The van der Waals surface area contributed by atoms with Crippen LogP contribution in [0.3, 0.4) is 0 Å². The minimum absolute atomic E-state index is 0.240. The Morgan fingerprint density at radius 2 is 2.07 bits per heavy atom. The highest BCUT2D eigenvalue weighted by Gasteiger charge is 2.33. The zero-order valence-electron chi connectivity index (χ0n) is 16.7. The number of amides is 1. The molecule has 1 unspecified atom stereocenters. The van der Waals surface area contributed by atoms with Gasteiger partial charge in [-0.15, -0.1) is 0 Å². The highest BCUT2D eigenvalue weighted by atomic mass is 16.1. The fourth-order valence-electron chi connectivity index (χ4n) is 3.77. The fourth-order valence-corrected chi connectivity index (χ4v) is 3.77. The van der Waals surface area contributed by atoms with Crippen LogP contribution < -0.4 is 11.1 Å². The van der Waals surface area contributed by atoms with Gasteiger partial charge in [0.05, 0.1) is 11.1 Å². The Labute approximate surface area is 174 Å². The molecule has 3 N–H and O–H groups in total. The summed E-state index contributed by atoms with van der Waals surface area (Å²) < 4.78 is 0. The number of aliphatic imine (C=N–C) groups is 1. The first-order valence-corrected chi connectivity index (χ1v) is 9.47. The molecule has 7 heteroatoms. The standard InChI is InChI=1S/C23H20N6O/c1-14-3-5-17(28-22(30)20-6-4-15(11-24)12-27-20)9-19(14)23(2)10-16-7-8-26-13-18(16)21(25)29-23/h3-9,12-13H,10H2,1-2H3,(H2,25,29)(H,28,30). The smallest absolute Gasteiger partial charge is 0.274 e. The van der Waals surface area contributed by atoms with E-state index in [2.05, 4.69) is 15.3 Å². The first-order chi connectivity index (χ1) is 14.4. The molecule has 7 nitrogen and oxygen atoms in total. The number of rotatable bonds is 3. The zero-order valence-corrected chi connectivity index (χ0v) is 16.7. The minimum Gasteiger partial charge on any atom is -0.383 e. The van der Waals surface area contributed by atoms with Gasteiger partial charge in [-0.2, -0.15) is 5.26 Å². The average Bonchev–Trinajstić information content (AvgIpc) is 2.75. The van der Waals surface area contributed by atoms with Crippen molar-refractivity contribution in [2.45, 2.75) is 25.8 Å². The predicted octanol–water partition coefficient (Wildman–Crippen LogP) is 3.09. The van der Waals surface area contributed by atoms with Crippen LogP contribution in [0.4, 0.5) is 5.69 Å². The molecule has 0 saturated heterocycles. The molecular formula is C23H20N6O. The van der Waals surface area contributed by atoms with Crippen molar-refractivity contribution in [3.8, 4) is 6.07 Å². The van der Waals surface area contributed by atoms with E-state index in [0.717, 1.165) is 22.3 Å². The molecule has 0 bridgehead atoms. The van der Waals surface area contributed by atoms with E-state index in [1.807, 2.05) is 44.2 Å². The van der Waals surface area contributed by atoms with Crippen LogP contribution >= 0.6 is 0 Å². The largest absolute Gasteiger partial charge is 0.383 e. The molecular weight excluding hydrogens is 376 g/mol. The van der Waals surface area contributed by atoms with Crippen molar-refractivity contribution in [1.29, 1.82) is 5.26 Å². The number of nitriles is 1. The van der Waals surface area contributed by atoms with Gasteiger partial charge in [0, 0.05) is 36.3 Å². The van der Waals surface area contributed by atoms with Gasteiger partial charge < -0.3 is 11.1 Å². The third-order valence-electron chi connectivity index (χ3n) is 5.29.